The molecule has 0 heterocycles. The second-order valence-electron chi connectivity index (χ2n) is 3.73. The number of carbonyl (C=O) groups is 1. The van der Waals surface area contributed by atoms with Crippen LogP contribution in [0.4, 0.5) is 0 Å². The number of ether oxygens (including phenoxy) is 1. The predicted molar refractivity (Wildman–Crippen MR) is 71.6 cm³/mol. The first-order valence-corrected chi connectivity index (χ1v) is 6.33. The topological polar surface area (TPSA) is 58.6 Å². The highest BCUT2D eigenvalue weighted by atomic mass is 35.5. The molecule has 0 bridgehead atoms. The summed E-state index contributed by atoms with van der Waals surface area (Å²) in [4.78, 5) is 10.4. The number of rotatable bonds is 7. The van der Waals surface area contributed by atoms with Gasteiger partial charge in [-0.05, 0) is 24.1 Å². The van der Waals surface area contributed by atoms with Crippen molar-refractivity contribution < 1.29 is 14.6 Å². The molecule has 0 unspecified atom stereocenters. The molecule has 1 aromatic carbocycles. The Morgan fingerprint density at radius 2 is 2.00 bits per heavy atom. The molecule has 0 aliphatic heterocycles. The minimum Gasteiger partial charge on any atom is -0.490 e. The standard InChI is InChI=1S/C12H15Cl2NO3/c1-2-3-18-12-9(13)4-8(5-10(12)14)6-15-7-11(16)17/h4-5,15H,2-3,6-7H2,1H3,(H,16,17). The second-order valence-corrected chi connectivity index (χ2v) is 4.55. The van der Waals surface area contributed by atoms with E-state index >= 15 is 0 Å². The van der Waals surface area contributed by atoms with Gasteiger partial charge in [-0.3, -0.25) is 4.79 Å². The lowest BCUT2D eigenvalue weighted by Crippen LogP contribution is -2.21. The van der Waals surface area contributed by atoms with Gasteiger partial charge in [0.05, 0.1) is 23.2 Å². The van der Waals surface area contributed by atoms with Crippen molar-refractivity contribution in [3.8, 4) is 5.75 Å². The van der Waals surface area contributed by atoms with Crippen LogP contribution >= 0.6 is 23.2 Å². The van der Waals surface area contributed by atoms with Gasteiger partial charge in [-0.2, -0.15) is 0 Å². The van der Waals surface area contributed by atoms with Crippen LogP contribution in [0.15, 0.2) is 12.1 Å². The number of carboxylic acids is 1. The molecule has 0 atom stereocenters. The number of aliphatic carboxylic acids is 1. The van der Waals surface area contributed by atoms with Crippen molar-refractivity contribution >= 4 is 29.2 Å². The van der Waals surface area contributed by atoms with Crippen LogP contribution in [0.3, 0.4) is 0 Å². The molecular formula is C12H15Cl2NO3. The van der Waals surface area contributed by atoms with Crippen LogP contribution in [0.1, 0.15) is 18.9 Å². The van der Waals surface area contributed by atoms with Crippen LogP contribution in [0, 0.1) is 0 Å². The van der Waals surface area contributed by atoms with E-state index in [2.05, 4.69) is 5.32 Å². The highest BCUT2D eigenvalue weighted by Crippen LogP contribution is 2.34. The Kier molecular flexibility index (Phi) is 6.25. The fourth-order valence-electron chi connectivity index (χ4n) is 1.37. The van der Waals surface area contributed by atoms with Crippen LogP contribution in [0.25, 0.3) is 0 Å². The summed E-state index contributed by atoms with van der Waals surface area (Å²) in [7, 11) is 0. The molecular weight excluding hydrogens is 277 g/mol. The Morgan fingerprint density at radius 1 is 1.39 bits per heavy atom. The molecule has 100 valence electrons. The zero-order valence-corrected chi connectivity index (χ0v) is 11.5. The lowest BCUT2D eigenvalue weighted by Gasteiger charge is -2.11. The van der Waals surface area contributed by atoms with Gasteiger partial charge < -0.3 is 15.2 Å². The molecule has 0 spiro atoms. The normalized spacial score (nSPS) is 10.4. The SMILES string of the molecule is CCCOc1c(Cl)cc(CNCC(=O)O)cc1Cl. The molecule has 18 heavy (non-hydrogen) atoms. The van der Waals surface area contributed by atoms with E-state index in [1.807, 2.05) is 6.92 Å². The highest BCUT2D eigenvalue weighted by Gasteiger charge is 2.09. The first kappa shape index (κ1) is 15.1. The van der Waals surface area contributed by atoms with E-state index < -0.39 is 5.97 Å². The van der Waals surface area contributed by atoms with E-state index in [1.165, 1.54) is 0 Å². The van der Waals surface area contributed by atoms with Gasteiger partial charge in [-0.1, -0.05) is 30.1 Å². The van der Waals surface area contributed by atoms with Crippen LogP contribution in [-0.4, -0.2) is 24.2 Å². The average molecular weight is 292 g/mol. The molecule has 0 aliphatic carbocycles. The zero-order valence-electron chi connectivity index (χ0n) is 10.0. The quantitative estimate of drug-likeness (QED) is 0.811. The number of halogens is 2. The minimum absolute atomic E-state index is 0.108. The lowest BCUT2D eigenvalue weighted by atomic mass is 10.2. The van der Waals surface area contributed by atoms with Gasteiger partial charge >= 0.3 is 5.97 Å². The van der Waals surface area contributed by atoms with Crippen LogP contribution < -0.4 is 10.1 Å². The maximum atomic E-state index is 10.4. The fraction of sp³-hybridized carbons (Fsp3) is 0.417. The van der Waals surface area contributed by atoms with Crippen molar-refractivity contribution in [2.24, 2.45) is 0 Å². The predicted octanol–water partition coefficient (Wildman–Crippen LogP) is 2.96. The summed E-state index contributed by atoms with van der Waals surface area (Å²) in [6, 6.07) is 3.43. The molecule has 0 saturated heterocycles. The Bertz CT molecular complexity index is 401. The van der Waals surface area contributed by atoms with Crippen molar-refractivity contribution in [3.05, 3.63) is 27.7 Å². The molecule has 1 rings (SSSR count). The Morgan fingerprint density at radius 3 is 2.50 bits per heavy atom. The third kappa shape index (κ3) is 4.72. The van der Waals surface area contributed by atoms with Gasteiger partial charge in [0, 0.05) is 6.54 Å². The molecule has 1 aromatic rings. The van der Waals surface area contributed by atoms with Crippen molar-refractivity contribution in [2.45, 2.75) is 19.9 Å². The number of benzene rings is 1. The molecule has 4 nitrogen and oxygen atoms in total. The molecule has 2 N–H and O–H groups in total. The van der Waals surface area contributed by atoms with Gasteiger partial charge in [0.1, 0.15) is 0 Å². The summed E-state index contributed by atoms with van der Waals surface area (Å²) < 4.78 is 5.44. The number of hydrogen-bond acceptors (Lipinski definition) is 3. The lowest BCUT2D eigenvalue weighted by molar-refractivity contribution is -0.135. The van der Waals surface area contributed by atoms with Crippen LogP contribution in [-0.2, 0) is 11.3 Å². The maximum absolute atomic E-state index is 10.4. The van der Waals surface area contributed by atoms with Crippen molar-refractivity contribution in [1.29, 1.82) is 0 Å². The van der Waals surface area contributed by atoms with Crippen LogP contribution in [0.2, 0.25) is 10.0 Å². The van der Waals surface area contributed by atoms with Gasteiger partial charge in [-0.15, -0.1) is 0 Å². The summed E-state index contributed by atoms with van der Waals surface area (Å²) in [5.74, 6) is -0.433. The largest absolute Gasteiger partial charge is 0.490 e. The summed E-state index contributed by atoms with van der Waals surface area (Å²) in [6.07, 6.45) is 0.870. The molecule has 0 saturated carbocycles. The summed E-state index contributed by atoms with van der Waals surface area (Å²) in [5.41, 5.74) is 0.815. The van der Waals surface area contributed by atoms with E-state index in [1.54, 1.807) is 12.1 Å². The fourth-order valence-corrected chi connectivity index (χ4v) is 2.01. The third-order valence-electron chi connectivity index (χ3n) is 2.11. The Balaban J connectivity index is 2.69. The van der Waals surface area contributed by atoms with E-state index in [0.29, 0.717) is 28.9 Å². The Hall–Kier alpha value is -0.970. The average Bonchev–Trinajstić information content (AvgIpc) is 2.27. The van der Waals surface area contributed by atoms with Crippen molar-refractivity contribution in [1.82, 2.24) is 5.32 Å². The van der Waals surface area contributed by atoms with Gasteiger partial charge in [0.25, 0.3) is 0 Å². The minimum atomic E-state index is -0.907. The highest BCUT2D eigenvalue weighted by molar-refractivity contribution is 6.37. The van der Waals surface area contributed by atoms with E-state index in [0.717, 1.165) is 12.0 Å². The van der Waals surface area contributed by atoms with Crippen molar-refractivity contribution in [2.75, 3.05) is 13.2 Å². The molecule has 6 heteroatoms. The molecule has 0 fully saturated rings. The summed E-state index contributed by atoms with van der Waals surface area (Å²) >= 11 is 12.1. The Labute approximate surface area is 116 Å². The van der Waals surface area contributed by atoms with Crippen LogP contribution in [0.5, 0.6) is 5.75 Å². The maximum Gasteiger partial charge on any atom is 0.317 e. The molecule has 0 radical (unpaired) electrons. The van der Waals surface area contributed by atoms with Gasteiger partial charge in [-0.25, -0.2) is 0 Å². The van der Waals surface area contributed by atoms with Gasteiger partial charge in [0.15, 0.2) is 5.75 Å². The first-order valence-electron chi connectivity index (χ1n) is 5.57. The first-order chi connectivity index (χ1) is 8.54. The smallest absolute Gasteiger partial charge is 0.317 e. The number of nitrogens with one attached hydrogen (secondary N) is 1. The number of carboxylic acid groups (broad SMARTS) is 1. The third-order valence-corrected chi connectivity index (χ3v) is 2.68. The van der Waals surface area contributed by atoms with E-state index in [-0.39, 0.29) is 6.54 Å². The molecule has 0 aromatic heterocycles. The second kappa shape index (κ2) is 7.46. The monoisotopic (exact) mass is 291 g/mol. The summed E-state index contributed by atoms with van der Waals surface area (Å²) in [6.45, 7) is 2.82. The van der Waals surface area contributed by atoms with Gasteiger partial charge in [0.2, 0.25) is 0 Å². The van der Waals surface area contributed by atoms with E-state index in [9.17, 15) is 4.79 Å². The zero-order chi connectivity index (χ0) is 13.5. The number of hydrogen-bond donors (Lipinski definition) is 2. The molecule has 0 amide bonds. The summed E-state index contributed by atoms with van der Waals surface area (Å²) in [5, 5.41) is 12.1. The molecule has 0 aliphatic rings. The van der Waals surface area contributed by atoms with Crippen molar-refractivity contribution in [3.63, 3.8) is 0 Å². The van der Waals surface area contributed by atoms with E-state index in [4.69, 9.17) is 33.0 Å².